The van der Waals surface area contributed by atoms with Crippen LogP contribution < -0.4 is 11.1 Å². The summed E-state index contributed by atoms with van der Waals surface area (Å²) in [6.45, 7) is 0.585. The van der Waals surface area contributed by atoms with E-state index in [9.17, 15) is 4.39 Å². The van der Waals surface area contributed by atoms with Crippen LogP contribution in [0.15, 0.2) is 54.7 Å². The number of hydrogen-bond donors (Lipinski definition) is 2. The summed E-state index contributed by atoms with van der Waals surface area (Å²) in [7, 11) is 0. The minimum atomic E-state index is -0.232. The molecule has 0 saturated carbocycles. The van der Waals surface area contributed by atoms with Crippen molar-refractivity contribution in [3.05, 3.63) is 66.1 Å². The summed E-state index contributed by atoms with van der Waals surface area (Å²) in [5.74, 6) is 0.545. The van der Waals surface area contributed by atoms with E-state index < -0.39 is 0 Å². The minimum Gasteiger partial charge on any atom is -0.399 e. The van der Waals surface area contributed by atoms with Gasteiger partial charge in [-0.25, -0.2) is 9.37 Å². The van der Waals surface area contributed by atoms with Gasteiger partial charge in [-0.2, -0.15) is 0 Å². The summed E-state index contributed by atoms with van der Waals surface area (Å²) in [5, 5.41) is 5.32. The summed E-state index contributed by atoms with van der Waals surface area (Å²) >= 11 is 0. The van der Waals surface area contributed by atoms with Gasteiger partial charge in [0.1, 0.15) is 11.6 Å². The number of nitrogens with one attached hydrogen (secondary N) is 1. The van der Waals surface area contributed by atoms with E-state index in [1.54, 1.807) is 18.3 Å². The van der Waals surface area contributed by atoms with Crippen molar-refractivity contribution >= 4 is 22.3 Å². The Morgan fingerprint density at radius 2 is 1.85 bits per heavy atom. The second kappa shape index (κ2) is 5.17. The fourth-order valence-corrected chi connectivity index (χ4v) is 2.11. The van der Waals surface area contributed by atoms with E-state index in [4.69, 9.17) is 5.73 Å². The monoisotopic (exact) mass is 267 g/mol. The summed E-state index contributed by atoms with van der Waals surface area (Å²) in [6.07, 6.45) is 1.76. The van der Waals surface area contributed by atoms with Gasteiger partial charge in [0.25, 0.3) is 0 Å². The second-order valence-corrected chi connectivity index (χ2v) is 4.62. The van der Waals surface area contributed by atoms with Gasteiger partial charge < -0.3 is 11.1 Å². The first-order valence-corrected chi connectivity index (χ1v) is 6.35. The van der Waals surface area contributed by atoms with Crippen molar-refractivity contribution in [3.8, 4) is 0 Å². The lowest BCUT2D eigenvalue weighted by Gasteiger charge is -2.09. The molecule has 1 heterocycles. The lowest BCUT2D eigenvalue weighted by Crippen LogP contribution is -2.02. The Morgan fingerprint density at radius 3 is 2.65 bits per heavy atom. The smallest absolute Gasteiger partial charge is 0.134 e. The topological polar surface area (TPSA) is 50.9 Å². The fraction of sp³-hybridized carbons (Fsp3) is 0.0625. The summed E-state index contributed by atoms with van der Waals surface area (Å²) < 4.78 is 12.9. The Balaban J connectivity index is 1.87. The highest BCUT2D eigenvalue weighted by molar-refractivity contribution is 5.93. The average Bonchev–Trinajstić information content (AvgIpc) is 2.47. The van der Waals surface area contributed by atoms with Crippen molar-refractivity contribution < 1.29 is 4.39 Å². The molecule has 0 amide bonds. The van der Waals surface area contributed by atoms with E-state index >= 15 is 0 Å². The number of nitrogens with zero attached hydrogens (tertiary/aromatic N) is 1. The minimum absolute atomic E-state index is 0.232. The molecule has 1 aromatic heterocycles. The van der Waals surface area contributed by atoms with E-state index in [0.717, 1.165) is 22.2 Å². The van der Waals surface area contributed by atoms with E-state index in [2.05, 4.69) is 10.3 Å². The number of hydrogen-bond acceptors (Lipinski definition) is 3. The molecule has 0 fully saturated rings. The third kappa shape index (κ3) is 2.54. The Morgan fingerprint density at radius 1 is 1.05 bits per heavy atom. The third-order valence-corrected chi connectivity index (χ3v) is 3.16. The molecule has 0 spiro atoms. The predicted octanol–water partition coefficient (Wildman–Crippen LogP) is 3.57. The Bertz CT molecular complexity index is 738. The molecule has 0 aliphatic rings. The van der Waals surface area contributed by atoms with Gasteiger partial charge in [-0.1, -0.05) is 18.2 Å². The zero-order valence-electron chi connectivity index (χ0n) is 10.8. The summed E-state index contributed by atoms with van der Waals surface area (Å²) in [6, 6.07) is 14.1. The van der Waals surface area contributed by atoms with Gasteiger partial charge in [0.2, 0.25) is 0 Å². The van der Waals surface area contributed by atoms with Crippen LogP contribution in [-0.4, -0.2) is 4.98 Å². The molecule has 4 heteroatoms. The molecule has 0 aliphatic carbocycles. The first kappa shape index (κ1) is 12.4. The Labute approximate surface area is 116 Å². The zero-order chi connectivity index (χ0) is 13.9. The standard InChI is InChI=1S/C16H14FN3/c17-13-4-1-11(2-5-13)10-20-16-15-9-14(18)6-3-12(15)7-8-19-16/h1-9H,10,18H2,(H,19,20). The van der Waals surface area contributed by atoms with E-state index in [-0.39, 0.29) is 5.82 Å². The second-order valence-electron chi connectivity index (χ2n) is 4.62. The highest BCUT2D eigenvalue weighted by Crippen LogP contribution is 2.23. The third-order valence-electron chi connectivity index (χ3n) is 3.16. The van der Waals surface area contributed by atoms with Crippen LogP contribution in [0.25, 0.3) is 10.8 Å². The molecular formula is C16H14FN3. The lowest BCUT2D eigenvalue weighted by molar-refractivity contribution is 0.627. The lowest BCUT2D eigenvalue weighted by atomic mass is 10.1. The SMILES string of the molecule is Nc1ccc2ccnc(NCc3ccc(F)cc3)c2c1. The first-order chi connectivity index (χ1) is 9.72. The van der Waals surface area contributed by atoms with Crippen LogP contribution in [0.3, 0.4) is 0 Å². The van der Waals surface area contributed by atoms with Crippen molar-refractivity contribution in [2.24, 2.45) is 0 Å². The largest absolute Gasteiger partial charge is 0.399 e. The number of pyridine rings is 1. The molecule has 3 nitrogen and oxygen atoms in total. The van der Waals surface area contributed by atoms with Gasteiger partial charge in [0.15, 0.2) is 0 Å². The van der Waals surface area contributed by atoms with Crippen LogP contribution in [0.4, 0.5) is 15.9 Å². The molecule has 100 valence electrons. The zero-order valence-corrected chi connectivity index (χ0v) is 10.8. The molecule has 0 bridgehead atoms. The highest BCUT2D eigenvalue weighted by atomic mass is 19.1. The van der Waals surface area contributed by atoms with Crippen molar-refractivity contribution in [1.82, 2.24) is 4.98 Å². The maximum Gasteiger partial charge on any atom is 0.134 e. The van der Waals surface area contributed by atoms with E-state index in [1.807, 2.05) is 24.3 Å². The molecule has 2 aromatic carbocycles. The van der Waals surface area contributed by atoms with Crippen molar-refractivity contribution in [1.29, 1.82) is 0 Å². The number of rotatable bonds is 3. The summed E-state index contributed by atoms with van der Waals surface area (Å²) in [4.78, 5) is 4.34. The van der Waals surface area contributed by atoms with Crippen LogP contribution in [0, 0.1) is 5.82 Å². The number of anilines is 2. The molecule has 3 rings (SSSR count). The van der Waals surface area contributed by atoms with E-state index in [1.165, 1.54) is 12.1 Å². The molecule has 3 N–H and O–H groups in total. The van der Waals surface area contributed by atoms with Crippen LogP contribution in [0.2, 0.25) is 0 Å². The Hall–Kier alpha value is -2.62. The average molecular weight is 267 g/mol. The number of fused-ring (bicyclic) bond motifs is 1. The van der Waals surface area contributed by atoms with E-state index in [0.29, 0.717) is 12.2 Å². The number of nitrogen functional groups attached to an aromatic ring is 1. The molecular weight excluding hydrogens is 253 g/mol. The highest BCUT2D eigenvalue weighted by Gasteiger charge is 2.03. The first-order valence-electron chi connectivity index (χ1n) is 6.35. The van der Waals surface area contributed by atoms with Crippen molar-refractivity contribution in [2.45, 2.75) is 6.54 Å². The quantitative estimate of drug-likeness (QED) is 0.713. The Kier molecular flexibility index (Phi) is 3.21. The fourth-order valence-electron chi connectivity index (χ4n) is 2.11. The molecule has 0 radical (unpaired) electrons. The summed E-state index contributed by atoms with van der Waals surface area (Å²) in [5.41, 5.74) is 7.52. The van der Waals surface area contributed by atoms with Crippen molar-refractivity contribution in [2.75, 3.05) is 11.1 Å². The maximum absolute atomic E-state index is 12.9. The number of halogens is 1. The van der Waals surface area contributed by atoms with Gasteiger partial charge >= 0.3 is 0 Å². The number of nitrogens with two attached hydrogens (primary N) is 1. The molecule has 0 atom stereocenters. The molecule has 3 aromatic rings. The predicted molar refractivity (Wildman–Crippen MR) is 79.9 cm³/mol. The molecule has 0 unspecified atom stereocenters. The maximum atomic E-state index is 12.9. The molecule has 20 heavy (non-hydrogen) atoms. The van der Waals surface area contributed by atoms with Gasteiger partial charge in [0.05, 0.1) is 0 Å². The van der Waals surface area contributed by atoms with Crippen LogP contribution >= 0.6 is 0 Å². The number of aromatic nitrogens is 1. The van der Waals surface area contributed by atoms with Gasteiger partial charge in [-0.05, 0) is 41.3 Å². The molecule has 0 aliphatic heterocycles. The molecule has 0 saturated heterocycles. The van der Waals surface area contributed by atoms with Gasteiger partial charge in [0, 0.05) is 23.8 Å². The van der Waals surface area contributed by atoms with Crippen LogP contribution in [-0.2, 0) is 6.54 Å². The van der Waals surface area contributed by atoms with Crippen LogP contribution in [0.1, 0.15) is 5.56 Å². The van der Waals surface area contributed by atoms with Gasteiger partial charge in [-0.3, -0.25) is 0 Å². The van der Waals surface area contributed by atoms with Gasteiger partial charge in [-0.15, -0.1) is 0 Å². The van der Waals surface area contributed by atoms with Crippen molar-refractivity contribution in [3.63, 3.8) is 0 Å². The number of benzene rings is 2. The van der Waals surface area contributed by atoms with Crippen LogP contribution in [0.5, 0.6) is 0 Å². The normalized spacial score (nSPS) is 10.7.